The lowest BCUT2D eigenvalue weighted by Gasteiger charge is -2.05. The number of halogens is 1. The minimum Gasteiger partial charge on any atom is -0.352 e. The molecule has 5 nitrogen and oxygen atoms in total. The number of benzene rings is 1. The highest BCUT2D eigenvalue weighted by atomic mass is 79.9. The largest absolute Gasteiger partial charge is 0.352 e. The maximum absolute atomic E-state index is 11.6. The Morgan fingerprint density at radius 1 is 1.33 bits per heavy atom. The fraction of sp³-hybridized carbons (Fsp3) is 0.250. The molecule has 1 amide bonds. The summed E-state index contributed by atoms with van der Waals surface area (Å²) in [6, 6.07) is 7.86. The van der Waals surface area contributed by atoms with Gasteiger partial charge in [-0.05, 0) is 17.7 Å². The summed E-state index contributed by atoms with van der Waals surface area (Å²) in [5.41, 5.74) is 1.08. The van der Waals surface area contributed by atoms with Crippen molar-refractivity contribution in [1.82, 2.24) is 20.3 Å². The summed E-state index contributed by atoms with van der Waals surface area (Å²) in [5.74, 6) is 0.00780. The lowest BCUT2D eigenvalue weighted by molar-refractivity contribution is -0.121. The lowest BCUT2D eigenvalue weighted by atomic mass is 10.2. The van der Waals surface area contributed by atoms with E-state index in [0.29, 0.717) is 19.5 Å². The van der Waals surface area contributed by atoms with E-state index in [0.717, 1.165) is 10.0 Å². The van der Waals surface area contributed by atoms with Crippen LogP contribution in [-0.2, 0) is 17.9 Å². The van der Waals surface area contributed by atoms with Crippen molar-refractivity contribution in [2.45, 2.75) is 19.5 Å². The van der Waals surface area contributed by atoms with Gasteiger partial charge < -0.3 is 5.32 Å². The molecule has 0 bridgehead atoms. The smallest absolute Gasteiger partial charge is 0.222 e. The minimum atomic E-state index is 0.00780. The van der Waals surface area contributed by atoms with Crippen LogP contribution in [0.4, 0.5) is 0 Å². The first-order valence-electron chi connectivity index (χ1n) is 5.59. The molecule has 0 aliphatic rings. The number of nitrogens with zero attached hydrogens (tertiary/aromatic N) is 3. The van der Waals surface area contributed by atoms with Crippen molar-refractivity contribution < 1.29 is 4.79 Å². The number of carbonyl (C=O) groups excluding carboxylic acids is 1. The summed E-state index contributed by atoms with van der Waals surface area (Å²) in [6.45, 7) is 1.09. The van der Waals surface area contributed by atoms with Crippen LogP contribution in [0.5, 0.6) is 0 Å². The van der Waals surface area contributed by atoms with Gasteiger partial charge in [0.05, 0.1) is 12.7 Å². The Balaban J connectivity index is 1.73. The fourth-order valence-electron chi connectivity index (χ4n) is 1.46. The van der Waals surface area contributed by atoms with Crippen molar-refractivity contribution in [2.75, 3.05) is 0 Å². The Labute approximate surface area is 113 Å². The second-order valence-corrected chi connectivity index (χ2v) is 4.73. The Morgan fingerprint density at radius 3 is 2.78 bits per heavy atom. The molecule has 2 aromatic rings. The molecule has 0 fully saturated rings. The average Bonchev–Trinajstić information content (AvgIpc) is 2.89. The van der Waals surface area contributed by atoms with Gasteiger partial charge in [0.1, 0.15) is 0 Å². The fourth-order valence-corrected chi connectivity index (χ4v) is 1.72. The van der Waals surface area contributed by atoms with E-state index >= 15 is 0 Å². The van der Waals surface area contributed by atoms with Gasteiger partial charge in [-0.15, -0.1) is 5.10 Å². The second-order valence-electron chi connectivity index (χ2n) is 3.82. The standard InChI is InChI=1S/C12H13BrN4O/c13-11-3-1-10(2-4-11)9-14-12(18)5-7-17-8-6-15-16-17/h1-4,6,8H,5,7,9H2,(H,14,18). The zero-order valence-corrected chi connectivity index (χ0v) is 11.3. The third kappa shape index (κ3) is 3.96. The van der Waals surface area contributed by atoms with E-state index in [9.17, 15) is 4.79 Å². The van der Waals surface area contributed by atoms with E-state index in [1.165, 1.54) is 0 Å². The molecule has 0 aliphatic heterocycles. The SMILES string of the molecule is O=C(CCn1ccnn1)NCc1ccc(Br)cc1. The average molecular weight is 309 g/mol. The molecule has 0 unspecified atom stereocenters. The van der Waals surface area contributed by atoms with Crippen molar-refractivity contribution in [3.05, 3.63) is 46.7 Å². The van der Waals surface area contributed by atoms with Crippen LogP contribution in [-0.4, -0.2) is 20.9 Å². The monoisotopic (exact) mass is 308 g/mol. The van der Waals surface area contributed by atoms with Gasteiger partial charge in [0, 0.05) is 23.6 Å². The van der Waals surface area contributed by atoms with E-state index < -0.39 is 0 Å². The second kappa shape index (κ2) is 6.30. The van der Waals surface area contributed by atoms with E-state index in [1.54, 1.807) is 17.1 Å². The van der Waals surface area contributed by atoms with E-state index in [-0.39, 0.29) is 5.91 Å². The van der Waals surface area contributed by atoms with Crippen LogP contribution in [0, 0.1) is 0 Å². The molecule has 0 aliphatic carbocycles. The zero-order chi connectivity index (χ0) is 12.8. The lowest BCUT2D eigenvalue weighted by Crippen LogP contribution is -2.24. The van der Waals surface area contributed by atoms with Crippen LogP contribution in [0.2, 0.25) is 0 Å². The van der Waals surface area contributed by atoms with Crippen LogP contribution in [0.25, 0.3) is 0 Å². The molecule has 1 aromatic carbocycles. The molecule has 0 saturated carbocycles. The maximum Gasteiger partial charge on any atom is 0.222 e. The quantitative estimate of drug-likeness (QED) is 0.915. The van der Waals surface area contributed by atoms with E-state index in [4.69, 9.17) is 0 Å². The molecular formula is C12H13BrN4O. The molecule has 1 heterocycles. The van der Waals surface area contributed by atoms with E-state index in [1.807, 2.05) is 24.3 Å². The van der Waals surface area contributed by atoms with Gasteiger partial charge in [-0.3, -0.25) is 9.48 Å². The number of aryl methyl sites for hydroxylation is 1. The predicted molar refractivity (Wildman–Crippen MR) is 70.6 cm³/mol. The first-order chi connectivity index (χ1) is 8.74. The molecule has 0 spiro atoms. The number of amides is 1. The van der Waals surface area contributed by atoms with E-state index in [2.05, 4.69) is 31.6 Å². The van der Waals surface area contributed by atoms with Gasteiger partial charge in [0.2, 0.25) is 5.91 Å². The number of hydrogen-bond donors (Lipinski definition) is 1. The van der Waals surface area contributed by atoms with Gasteiger partial charge >= 0.3 is 0 Å². The summed E-state index contributed by atoms with van der Waals surface area (Å²) >= 11 is 3.37. The minimum absolute atomic E-state index is 0.00780. The maximum atomic E-state index is 11.6. The van der Waals surface area contributed by atoms with Gasteiger partial charge in [-0.1, -0.05) is 33.3 Å². The highest BCUT2D eigenvalue weighted by Gasteiger charge is 2.02. The van der Waals surface area contributed by atoms with Crippen molar-refractivity contribution in [3.8, 4) is 0 Å². The van der Waals surface area contributed by atoms with Crippen LogP contribution < -0.4 is 5.32 Å². The molecule has 0 atom stereocenters. The molecule has 18 heavy (non-hydrogen) atoms. The predicted octanol–water partition coefficient (Wildman–Crippen LogP) is 1.75. The van der Waals surface area contributed by atoms with Crippen molar-refractivity contribution in [3.63, 3.8) is 0 Å². The molecule has 1 N–H and O–H groups in total. The first-order valence-corrected chi connectivity index (χ1v) is 6.38. The van der Waals surface area contributed by atoms with Crippen LogP contribution in [0.3, 0.4) is 0 Å². The van der Waals surface area contributed by atoms with Gasteiger partial charge in [-0.2, -0.15) is 0 Å². The zero-order valence-electron chi connectivity index (χ0n) is 9.71. The molecule has 94 valence electrons. The van der Waals surface area contributed by atoms with Crippen molar-refractivity contribution in [2.24, 2.45) is 0 Å². The highest BCUT2D eigenvalue weighted by molar-refractivity contribution is 9.10. The van der Waals surface area contributed by atoms with Crippen LogP contribution in [0.15, 0.2) is 41.1 Å². The molecule has 6 heteroatoms. The molecule has 1 aromatic heterocycles. The Kier molecular flexibility index (Phi) is 4.46. The molecular weight excluding hydrogens is 296 g/mol. The number of rotatable bonds is 5. The summed E-state index contributed by atoms with van der Waals surface area (Å²) in [7, 11) is 0. The molecule has 0 saturated heterocycles. The summed E-state index contributed by atoms with van der Waals surface area (Å²) < 4.78 is 2.67. The van der Waals surface area contributed by atoms with Crippen molar-refractivity contribution in [1.29, 1.82) is 0 Å². The summed E-state index contributed by atoms with van der Waals surface area (Å²) in [5, 5.41) is 10.3. The molecule has 0 radical (unpaired) electrons. The Morgan fingerprint density at radius 2 is 2.11 bits per heavy atom. The number of nitrogens with one attached hydrogen (secondary N) is 1. The Bertz CT molecular complexity index is 495. The van der Waals surface area contributed by atoms with Gasteiger partial charge in [0.25, 0.3) is 0 Å². The first kappa shape index (κ1) is 12.8. The van der Waals surface area contributed by atoms with Crippen LogP contribution in [0.1, 0.15) is 12.0 Å². The van der Waals surface area contributed by atoms with Crippen molar-refractivity contribution >= 4 is 21.8 Å². The third-order valence-corrected chi connectivity index (χ3v) is 2.97. The number of aromatic nitrogens is 3. The summed E-state index contributed by atoms with van der Waals surface area (Å²) in [6.07, 6.45) is 3.74. The molecule has 2 rings (SSSR count). The van der Waals surface area contributed by atoms with Gasteiger partial charge in [-0.25, -0.2) is 0 Å². The normalized spacial score (nSPS) is 10.3. The number of carbonyl (C=O) groups is 1. The Hall–Kier alpha value is -1.69. The van der Waals surface area contributed by atoms with Crippen LogP contribution >= 0.6 is 15.9 Å². The third-order valence-electron chi connectivity index (χ3n) is 2.44. The number of hydrogen-bond acceptors (Lipinski definition) is 3. The summed E-state index contributed by atoms with van der Waals surface area (Å²) in [4.78, 5) is 11.6. The van der Waals surface area contributed by atoms with Gasteiger partial charge in [0.15, 0.2) is 0 Å². The topological polar surface area (TPSA) is 59.8 Å². The highest BCUT2D eigenvalue weighted by Crippen LogP contribution is 2.10.